The zero-order chi connectivity index (χ0) is 16.2. The van der Waals surface area contributed by atoms with Crippen LogP contribution >= 0.6 is 0 Å². The van der Waals surface area contributed by atoms with Crippen molar-refractivity contribution in [1.29, 1.82) is 0 Å². The fourth-order valence-corrected chi connectivity index (χ4v) is 3.98. The molecule has 0 heterocycles. The number of benzene rings is 2. The van der Waals surface area contributed by atoms with Crippen molar-refractivity contribution < 1.29 is 22.4 Å². The van der Waals surface area contributed by atoms with E-state index in [0.29, 0.717) is 29.5 Å². The molecule has 0 radical (unpaired) electrons. The van der Waals surface area contributed by atoms with Crippen molar-refractivity contribution in [2.75, 3.05) is 13.2 Å². The smallest absolute Gasteiger partial charge is 0.386 e. The standard InChI is InChI=1S/C16H18F2O3Si/c1-3-20-22(19,21-4-2)16-7-5-12(6-8-16)13-9-14(17)11-15(18)10-13/h5-11,19H,3-4H2,1-2H3. The van der Waals surface area contributed by atoms with E-state index in [1.54, 1.807) is 38.1 Å². The maximum atomic E-state index is 13.3. The average molecular weight is 324 g/mol. The molecule has 0 spiro atoms. The minimum atomic E-state index is -3.42. The molecule has 0 saturated heterocycles. The number of halogens is 2. The topological polar surface area (TPSA) is 38.7 Å². The lowest BCUT2D eigenvalue weighted by atomic mass is 10.1. The first-order valence-corrected chi connectivity index (χ1v) is 8.82. The quantitative estimate of drug-likeness (QED) is 0.831. The summed E-state index contributed by atoms with van der Waals surface area (Å²) in [6.07, 6.45) is 0. The normalized spacial score (nSPS) is 11.7. The molecule has 2 rings (SSSR count). The summed E-state index contributed by atoms with van der Waals surface area (Å²) in [5, 5.41) is 0.553. The Morgan fingerprint density at radius 2 is 1.36 bits per heavy atom. The maximum Gasteiger partial charge on any atom is 0.534 e. The van der Waals surface area contributed by atoms with E-state index < -0.39 is 20.4 Å². The lowest BCUT2D eigenvalue weighted by Crippen LogP contribution is -2.54. The van der Waals surface area contributed by atoms with Gasteiger partial charge in [-0.05, 0) is 37.1 Å². The fraction of sp³-hybridized carbons (Fsp3) is 0.250. The third kappa shape index (κ3) is 3.78. The number of rotatable bonds is 6. The van der Waals surface area contributed by atoms with Crippen molar-refractivity contribution >= 4 is 14.0 Å². The Bertz CT molecular complexity index is 606. The van der Waals surface area contributed by atoms with Gasteiger partial charge in [-0.1, -0.05) is 24.3 Å². The van der Waals surface area contributed by atoms with Crippen molar-refractivity contribution in [3.05, 3.63) is 54.1 Å². The minimum absolute atomic E-state index is 0.333. The van der Waals surface area contributed by atoms with Crippen LogP contribution in [0, 0.1) is 11.6 Å². The summed E-state index contributed by atoms with van der Waals surface area (Å²) in [6.45, 7) is 4.22. The van der Waals surface area contributed by atoms with Crippen molar-refractivity contribution in [2.24, 2.45) is 0 Å². The minimum Gasteiger partial charge on any atom is -0.386 e. The number of hydrogen-bond acceptors (Lipinski definition) is 3. The van der Waals surface area contributed by atoms with Gasteiger partial charge in [-0.2, -0.15) is 0 Å². The summed E-state index contributed by atoms with van der Waals surface area (Å²) < 4.78 is 37.3. The Morgan fingerprint density at radius 1 is 0.864 bits per heavy atom. The molecule has 0 fully saturated rings. The highest BCUT2D eigenvalue weighted by atomic mass is 28.4. The first-order valence-electron chi connectivity index (χ1n) is 7.05. The predicted molar refractivity (Wildman–Crippen MR) is 82.7 cm³/mol. The van der Waals surface area contributed by atoms with Gasteiger partial charge in [0.15, 0.2) is 0 Å². The molecule has 118 valence electrons. The summed E-state index contributed by atoms with van der Waals surface area (Å²) >= 11 is 0. The molecule has 0 saturated carbocycles. The van der Waals surface area contributed by atoms with E-state index >= 15 is 0 Å². The predicted octanol–water partition coefficient (Wildman–Crippen LogP) is 2.84. The molecule has 0 bridgehead atoms. The summed E-state index contributed by atoms with van der Waals surface area (Å²) in [6, 6.07) is 10.0. The van der Waals surface area contributed by atoms with Crippen LogP contribution in [0.3, 0.4) is 0 Å². The third-order valence-electron chi connectivity index (χ3n) is 3.13. The Morgan fingerprint density at radius 3 is 1.82 bits per heavy atom. The van der Waals surface area contributed by atoms with Crippen molar-refractivity contribution in [1.82, 2.24) is 0 Å². The van der Waals surface area contributed by atoms with Crippen LogP contribution in [0.1, 0.15) is 13.8 Å². The Hall–Kier alpha value is -1.60. The van der Waals surface area contributed by atoms with Gasteiger partial charge in [0, 0.05) is 24.5 Å². The van der Waals surface area contributed by atoms with E-state index in [0.717, 1.165) is 6.07 Å². The molecule has 1 N–H and O–H groups in total. The molecule has 0 aliphatic rings. The molecule has 0 aliphatic carbocycles. The summed E-state index contributed by atoms with van der Waals surface area (Å²) in [7, 11) is -3.42. The SMILES string of the molecule is CCO[Si](O)(OCC)c1ccc(-c2cc(F)cc(F)c2)cc1. The molecule has 0 unspecified atom stereocenters. The van der Waals surface area contributed by atoms with E-state index in [4.69, 9.17) is 8.85 Å². The fourth-order valence-electron chi connectivity index (χ4n) is 2.19. The Labute approximate surface area is 129 Å². The lowest BCUT2D eigenvalue weighted by molar-refractivity contribution is 0.124. The summed E-state index contributed by atoms with van der Waals surface area (Å²) in [4.78, 5) is 10.5. The zero-order valence-electron chi connectivity index (χ0n) is 12.5. The van der Waals surface area contributed by atoms with Crippen molar-refractivity contribution in [2.45, 2.75) is 13.8 Å². The van der Waals surface area contributed by atoms with Gasteiger partial charge in [-0.25, -0.2) is 8.78 Å². The van der Waals surface area contributed by atoms with Crippen molar-refractivity contribution in [3.8, 4) is 11.1 Å². The summed E-state index contributed by atoms with van der Waals surface area (Å²) in [5.41, 5.74) is 1.08. The highest BCUT2D eigenvalue weighted by Crippen LogP contribution is 2.21. The van der Waals surface area contributed by atoms with Crippen LogP contribution in [-0.4, -0.2) is 26.8 Å². The Kier molecular flexibility index (Phi) is 5.41. The van der Waals surface area contributed by atoms with Crippen molar-refractivity contribution in [3.63, 3.8) is 0 Å². The van der Waals surface area contributed by atoms with E-state index in [9.17, 15) is 13.6 Å². The average Bonchev–Trinajstić information content (AvgIpc) is 2.47. The molecule has 0 atom stereocenters. The summed E-state index contributed by atoms with van der Waals surface area (Å²) in [5.74, 6) is -1.26. The van der Waals surface area contributed by atoms with Gasteiger partial charge in [0.1, 0.15) is 11.6 Å². The van der Waals surface area contributed by atoms with Gasteiger partial charge in [0.2, 0.25) is 0 Å². The molecule has 3 nitrogen and oxygen atoms in total. The molecule has 0 aliphatic heterocycles. The molecule has 0 aromatic heterocycles. The van der Waals surface area contributed by atoms with Gasteiger partial charge in [-0.3, -0.25) is 0 Å². The third-order valence-corrected chi connectivity index (χ3v) is 5.55. The second-order valence-corrected chi connectivity index (χ2v) is 7.00. The van der Waals surface area contributed by atoms with Crippen LogP contribution in [0.4, 0.5) is 8.78 Å². The monoisotopic (exact) mass is 324 g/mol. The second kappa shape index (κ2) is 7.10. The maximum absolute atomic E-state index is 13.3. The van der Waals surface area contributed by atoms with Gasteiger partial charge in [0.05, 0.1) is 0 Å². The number of hydrogen-bond donors (Lipinski definition) is 1. The van der Waals surface area contributed by atoms with Crippen LogP contribution < -0.4 is 5.19 Å². The zero-order valence-corrected chi connectivity index (χ0v) is 13.5. The van der Waals surface area contributed by atoms with E-state index in [1.165, 1.54) is 12.1 Å². The molecule has 6 heteroatoms. The largest absolute Gasteiger partial charge is 0.534 e. The van der Waals surface area contributed by atoms with E-state index in [2.05, 4.69) is 0 Å². The molecule has 2 aromatic carbocycles. The van der Waals surface area contributed by atoms with Gasteiger partial charge in [-0.15, -0.1) is 0 Å². The highest BCUT2D eigenvalue weighted by Gasteiger charge is 2.39. The van der Waals surface area contributed by atoms with E-state index in [1.807, 2.05) is 0 Å². The highest BCUT2D eigenvalue weighted by molar-refractivity contribution is 6.74. The Balaban J connectivity index is 2.33. The molecule has 0 amide bonds. The second-order valence-electron chi connectivity index (χ2n) is 4.68. The van der Waals surface area contributed by atoms with Gasteiger partial charge >= 0.3 is 8.80 Å². The molecular formula is C16H18F2O3Si. The molecule has 22 heavy (non-hydrogen) atoms. The van der Waals surface area contributed by atoms with Crippen LogP contribution in [-0.2, 0) is 8.85 Å². The van der Waals surface area contributed by atoms with Gasteiger partial charge < -0.3 is 13.6 Å². The lowest BCUT2D eigenvalue weighted by Gasteiger charge is -2.23. The van der Waals surface area contributed by atoms with Gasteiger partial charge in [0.25, 0.3) is 0 Å². The molecule has 2 aromatic rings. The van der Waals surface area contributed by atoms with Crippen LogP contribution in [0.15, 0.2) is 42.5 Å². The first-order chi connectivity index (χ1) is 10.5. The molecular weight excluding hydrogens is 306 g/mol. The van der Waals surface area contributed by atoms with E-state index in [-0.39, 0.29) is 0 Å². The first kappa shape index (κ1) is 16.8. The van der Waals surface area contributed by atoms with Crippen LogP contribution in [0.25, 0.3) is 11.1 Å². The van der Waals surface area contributed by atoms with Crippen LogP contribution in [0.2, 0.25) is 0 Å². The van der Waals surface area contributed by atoms with Crippen LogP contribution in [0.5, 0.6) is 0 Å².